The van der Waals surface area contributed by atoms with Crippen LogP contribution in [0.25, 0.3) is 0 Å². The molecule has 0 bridgehead atoms. The third-order valence-corrected chi connectivity index (χ3v) is 4.13. The minimum absolute atomic E-state index is 0.454. The summed E-state index contributed by atoms with van der Waals surface area (Å²) < 4.78 is 0. The lowest BCUT2D eigenvalue weighted by molar-refractivity contribution is 0.407. The van der Waals surface area contributed by atoms with Gasteiger partial charge in [-0.3, -0.25) is 0 Å². The minimum Gasteiger partial charge on any atom is -0.305 e. The second kappa shape index (κ2) is 4.22. The van der Waals surface area contributed by atoms with E-state index in [1.807, 2.05) is 11.3 Å². The first-order chi connectivity index (χ1) is 7.08. The number of hydrogen-bond acceptors (Lipinski definition) is 3. The number of nitrogens with one attached hydrogen (secondary N) is 1. The van der Waals surface area contributed by atoms with Gasteiger partial charge in [0, 0.05) is 10.9 Å². The highest BCUT2D eigenvalue weighted by Gasteiger charge is 2.28. The van der Waals surface area contributed by atoms with E-state index in [1.165, 1.54) is 28.4 Å². The van der Waals surface area contributed by atoms with Gasteiger partial charge in [0.05, 0.1) is 11.7 Å². The van der Waals surface area contributed by atoms with Crippen molar-refractivity contribution in [3.63, 3.8) is 0 Å². The molecule has 1 N–H and O–H groups in total. The van der Waals surface area contributed by atoms with Gasteiger partial charge in [0.15, 0.2) is 0 Å². The molecule has 1 saturated carbocycles. The Bertz CT molecular complexity index is 320. The van der Waals surface area contributed by atoms with Crippen LogP contribution in [0.2, 0.25) is 0 Å². The van der Waals surface area contributed by atoms with E-state index in [0.717, 1.165) is 6.04 Å². The molecule has 1 heterocycles. The van der Waals surface area contributed by atoms with Crippen LogP contribution in [0.1, 0.15) is 48.3 Å². The van der Waals surface area contributed by atoms with Gasteiger partial charge in [0.1, 0.15) is 5.01 Å². The van der Waals surface area contributed by atoms with E-state index in [-0.39, 0.29) is 0 Å². The first-order valence-corrected chi connectivity index (χ1v) is 6.59. The summed E-state index contributed by atoms with van der Waals surface area (Å²) >= 11 is 1.85. The smallest absolute Gasteiger partial charge is 0.110 e. The lowest BCUT2D eigenvalue weighted by Gasteiger charge is -2.19. The van der Waals surface area contributed by atoms with E-state index in [1.54, 1.807) is 0 Å². The van der Waals surface area contributed by atoms with Gasteiger partial charge < -0.3 is 5.32 Å². The second-order valence-electron chi connectivity index (χ2n) is 4.86. The third kappa shape index (κ3) is 2.58. The summed E-state index contributed by atoms with van der Waals surface area (Å²) in [5, 5.41) is 4.97. The molecule has 2 rings (SSSR count). The molecule has 15 heavy (non-hydrogen) atoms. The number of hydrogen-bond donors (Lipinski definition) is 1. The highest BCUT2D eigenvalue weighted by Crippen LogP contribution is 2.31. The Labute approximate surface area is 96.1 Å². The molecule has 1 aliphatic rings. The minimum atomic E-state index is 0.454. The number of aromatic nitrogens is 1. The Morgan fingerprint density at radius 3 is 2.40 bits per heavy atom. The summed E-state index contributed by atoms with van der Waals surface area (Å²) in [7, 11) is 0. The second-order valence-corrected chi connectivity index (χ2v) is 6.09. The van der Waals surface area contributed by atoms with E-state index >= 15 is 0 Å². The van der Waals surface area contributed by atoms with Gasteiger partial charge in [-0.25, -0.2) is 4.98 Å². The molecule has 1 aromatic heterocycles. The molecule has 2 nitrogen and oxygen atoms in total. The van der Waals surface area contributed by atoms with Gasteiger partial charge in [-0.2, -0.15) is 0 Å². The summed E-state index contributed by atoms with van der Waals surface area (Å²) in [5.41, 5.74) is 1.19. The fourth-order valence-corrected chi connectivity index (χ4v) is 2.84. The first-order valence-electron chi connectivity index (χ1n) is 5.78. The molecule has 0 aliphatic heterocycles. The molecule has 0 saturated heterocycles. The van der Waals surface area contributed by atoms with Crippen LogP contribution in [0.3, 0.4) is 0 Å². The van der Waals surface area contributed by atoms with Gasteiger partial charge in [0.25, 0.3) is 0 Å². The number of nitrogens with zero attached hydrogens (tertiary/aromatic N) is 1. The maximum absolute atomic E-state index is 4.67. The van der Waals surface area contributed by atoms with Crippen LogP contribution in [0.15, 0.2) is 0 Å². The fraction of sp³-hybridized carbons (Fsp3) is 0.750. The predicted molar refractivity (Wildman–Crippen MR) is 65.3 cm³/mol. The van der Waals surface area contributed by atoms with Crippen LogP contribution in [0.4, 0.5) is 0 Å². The van der Waals surface area contributed by atoms with Crippen molar-refractivity contribution in [1.29, 1.82) is 0 Å². The summed E-state index contributed by atoms with van der Waals surface area (Å²) in [6, 6.07) is 1.21. The Balaban J connectivity index is 2.15. The Morgan fingerprint density at radius 1 is 1.33 bits per heavy atom. The molecule has 1 fully saturated rings. The topological polar surface area (TPSA) is 24.9 Å². The predicted octanol–water partition coefficient (Wildman–Crippen LogP) is 3.21. The van der Waals surface area contributed by atoms with E-state index in [2.05, 4.69) is 38.0 Å². The molecule has 1 aromatic rings. The lowest BCUT2D eigenvalue weighted by atomic mass is 10.1. The molecule has 1 atom stereocenters. The van der Waals surface area contributed by atoms with Crippen molar-refractivity contribution in [3.05, 3.63) is 15.6 Å². The molecule has 1 aliphatic carbocycles. The standard InChI is InChI=1S/C12H20N2S/c1-7(2)11(14-10-5-6-10)12-13-8(3)9(4)15-12/h7,10-11,14H,5-6H2,1-4H3. The molecule has 84 valence electrons. The normalized spacial score (nSPS) is 18.5. The quantitative estimate of drug-likeness (QED) is 0.849. The van der Waals surface area contributed by atoms with Crippen LogP contribution < -0.4 is 5.32 Å². The number of thiazole rings is 1. The molecule has 0 radical (unpaired) electrons. The maximum Gasteiger partial charge on any atom is 0.110 e. The van der Waals surface area contributed by atoms with Crippen LogP contribution in [-0.2, 0) is 0 Å². The number of aryl methyl sites for hydroxylation is 2. The first kappa shape index (κ1) is 11.1. The molecule has 1 unspecified atom stereocenters. The van der Waals surface area contributed by atoms with Crippen molar-refractivity contribution in [2.75, 3.05) is 0 Å². The number of rotatable bonds is 4. The maximum atomic E-state index is 4.67. The van der Waals surface area contributed by atoms with Gasteiger partial charge in [-0.1, -0.05) is 13.8 Å². The van der Waals surface area contributed by atoms with Crippen molar-refractivity contribution in [1.82, 2.24) is 10.3 Å². The average molecular weight is 224 g/mol. The highest BCUT2D eigenvalue weighted by atomic mass is 32.1. The third-order valence-electron chi connectivity index (χ3n) is 2.97. The molecule has 0 spiro atoms. The molecule has 0 aromatic carbocycles. The van der Waals surface area contributed by atoms with Gasteiger partial charge >= 0.3 is 0 Å². The van der Waals surface area contributed by atoms with Crippen LogP contribution in [0, 0.1) is 19.8 Å². The van der Waals surface area contributed by atoms with Gasteiger partial charge in [0.2, 0.25) is 0 Å². The van der Waals surface area contributed by atoms with Crippen molar-refractivity contribution in [2.24, 2.45) is 5.92 Å². The zero-order chi connectivity index (χ0) is 11.0. The Kier molecular flexibility index (Phi) is 3.12. The monoisotopic (exact) mass is 224 g/mol. The fourth-order valence-electron chi connectivity index (χ4n) is 1.68. The highest BCUT2D eigenvalue weighted by molar-refractivity contribution is 7.11. The van der Waals surface area contributed by atoms with Crippen molar-refractivity contribution < 1.29 is 0 Å². The molecular weight excluding hydrogens is 204 g/mol. The summed E-state index contributed by atoms with van der Waals surface area (Å²) in [6.07, 6.45) is 2.68. The summed E-state index contributed by atoms with van der Waals surface area (Å²) in [6.45, 7) is 8.80. The largest absolute Gasteiger partial charge is 0.305 e. The van der Waals surface area contributed by atoms with E-state index in [9.17, 15) is 0 Å². The summed E-state index contributed by atoms with van der Waals surface area (Å²) in [5.74, 6) is 0.621. The van der Waals surface area contributed by atoms with Crippen LogP contribution >= 0.6 is 11.3 Å². The molecule has 3 heteroatoms. The lowest BCUT2D eigenvalue weighted by Crippen LogP contribution is -2.27. The average Bonchev–Trinajstić information content (AvgIpc) is 2.91. The van der Waals surface area contributed by atoms with E-state index in [4.69, 9.17) is 0 Å². The molecule has 0 amide bonds. The zero-order valence-electron chi connectivity index (χ0n) is 10.0. The zero-order valence-corrected chi connectivity index (χ0v) is 10.8. The molecular formula is C12H20N2S. The SMILES string of the molecule is Cc1nc(C(NC2CC2)C(C)C)sc1C. The van der Waals surface area contributed by atoms with Crippen LogP contribution in [-0.4, -0.2) is 11.0 Å². The Hall–Kier alpha value is -0.410. The van der Waals surface area contributed by atoms with E-state index < -0.39 is 0 Å². The van der Waals surface area contributed by atoms with Crippen molar-refractivity contribution in [2.45, 2.75) is 52.6 Å². The van der Waals surface area contributed by atoms with Gasteiger partial charge in [-0.15, -0.1) is 11.3 Å². The Morgan fingerprint density at radius 2 is 2.00 bits per heavy atom. The summed E-state index contributed by atoms with van der Waals surface area (Å²) in [4.78, 5) is 6.02. The van der Waals surface area contributed by atoms with Crippen molar-refractivity contribution in [3.8, 4) is 0 Å². The van der Waals surface area contributed by atoms with Crippen LogP contribution in [0.5, 0.6) is 0 Å². The van der Waals surface area contributed by atoms with Gasteiger partial charge in [-0.05, 0) is 32.6 Å². The van der Waals surface area contributed by atoms with Crippen molar-refractivity contribution >= 4 is 11.3 Å². The van der Waals surface area contributed by atoms with E-state index in [0.29, 0.717) is 12.0 Å².